The first kappa shape index (κ1) is 9.71. The minimum absolute atomic E-state index is 0.623. The number of aromatic nitrogens is 5. The van der Waals surface area contributed by atoms with Crippen molar-refractivity contribution < 1.29 is 0 Å². The first-order valence-corrected chi connectivity index (χ1v) is 5.15. The molecule has 6 nitrogen and oxygen atoms in total. The summed E-state index contributed by atoms with van der Waals surface area (Å²) in [5, 5.41) is 4.98. The largest absolute Gasteiger partial charge is 0.360 e. The third-order valence-corrected chi connectivity index (χ3v) is 2.46. The quantitative estimate of drug-likeness (QED) is 0.672. The van der Waals surface area contributed by atoms with Gasteiger partial charge >= 0.3 is 0 Å². The van der Waals surface area contributed by atoms with Crippen LogP contribution in [0.25, 0.3) is 11.0 Å². The van der Waals surface area contributed by atoms with Gasteiger partial charge in [0, 0.05) is 13.2 Å². The number of aromatic amines is 1. The van der Waals surface area contributed by atoms with Gasteiger partial charge < -0.3 is 4.98 Å². The average Bonchev–Trinajstić information content (AvgIpc) is 2.97. The van der Waals surface area contributed by atoms with E-state index >= 15 is 0 Å². The Labute approximate surface area is 97.1 Å². The maximum Gasteiger partial charge on any atom is 0.166 e. The monoisotopic (exact) mass is 226 g/mol. The summed E-state index contributed by atoms with van der Waals surface area (Å²) in [5.74, 6) is 0.623. The highest BCUT2D eigenvalue weighted by Crippen LogP contribution is 2.20. The average molecular weight is 226 g/mol. The van der Waals surface area contributed by atoms with Crippen molar-refractivity contribution in [3.63, 3.8) is 0 Å². The predicted octanol–water partition coefficient (Wildman–Crippen LogP) is 1.44. The molecule has 0 saturated heterocycles. The van der Waals surface area contributed by atoms with Crippen LogP contribution in [0.3, 0.4) is 0 Å². The molecule has 0 radical (unpaired) electrons. The first-order valence-electron chi connectivity index (χ1n) is 5.15. The molecule has 0 spiro atoms. The van der Waals surface area contributed by atoms with Gasteiger partial charge in [-0.05, 0) is 12.1 Å². The van der Waals surface area contributed by atoms with Crippen LogP contribution in [0, 0.1) is 0 Å². The van der Waals surface area contributed by atoms with E-state index < -0.39 is 0 Å². The molecular weight excluding hydrogens is 216 g/mol. The Morgan fingerprint density at radius 1 is 1.41 bits per heavy atom. The van der Waals surface area contributed by atoms with Gasteiger partial charge in [0.05, 0.1) is 23.5 Å². The Balaban J connectivity index is 2.06. The highest BCUT2D eigenvalue weighted by Gasteiger charge is 2.05. The molecule has 0 aliphatic heterocycles. The Morgan fingerprint density at radius 3 is 3.18 bits per heavy atom. The number of aryl methyl sites for hydroxylation is 1. The topological polar surface area (TPSA) is 71.8 Å². The summed E-state index contributed by atoms with van der Waals surface area (Å²) >= 11 is 0. The zero-order chi connectivity index (χ0) is 11.7. The fraction of sp³-hybridized carbons (Fsp3) is 0.0909. The van der Waals surface area contributed by atoms with E-state index in [9.17, 15) is 0 Å². The smallest absolute Gasteiger partial charge is 0.166 e. The zero-order valence-corrected chi connectivity index (χ0v) is 9.20. The number of nitrogens with zero attached hydrogens (tertiary/aromatic N) is 5. The standard InChI is InChI=1S/C11H10N6/c1-17-11-9(6-16-17)10(14-7-15-11)13-5-8-3-2-4-12-8/h2-7,12H,1H3/b13-5+. The number of hydrogen-bond donors (Lipinski definition) is 1. The maximum absolute atomic E-state index is 4.33. The van der Waals surface area contributed by atoms with Crippen LogP contribution in [-0.2, 0) is 7.05 Å². The molecule has 0 atom stereocenters. The number of hydrogen-bond acceptors (Lipinski definition) is 4. The van der Waals surface area contributed by atoms with Crippen molar-refractivity contribution in [2.75, 3.05) is 0 Å². The number of fused-ring (bicyclic) bond motifs is 1. The maximum atomic E-state index is 4.33. The number of nitrogens with one attached hydrogen (secondary N) is 1. The number of aliphatic imine (C=N–C) groups is 1. The van der Waals surface area contributed by atoms with E-state index in [2.05, 4.69) is 25.0 Å². The first-order chi connectivity index (χ1) is 8.34. The fourth-order valence-electron chi connectivity index (χ4n) is 1.61. The summed E-state index contributed by atoms with van der Waals surface area (Å²) in [5.41, 5.74) is 1.71. The second-order valence-corrected chi connectivity index (χ2v) is 3.59. The Kier molecular flexibility index (Phi) is 2.18. The predicted molar refractivity (Wildman–Crippen MR) is 64.4 cm³/mol. The van der Waals surface area contributed by atoms with E-state index in [1.807, 2.05) is 25.4 Å². The fourth-order valence-corrected chi connectivity index (χ4v) is 1.61. The highest BCUT2D eigenvalue weighted by atomic mass is 15.3. The van der Waals surface area contributed by atoms with E-state index in [0.29, 0.717) is 5.82 Å². The lowest BCUT2D eigenvalue weighted by atomic mass is 10.4. The number of rotatable bonds is 2. The van der Waals surface area contributed by atoms with Crippen LogP contribution in [-0.4, -0.2) is 30.9 Å². The van der Waals surface area contributed by atoms with Crippen LogP contribution in [0.2, 0.25) is 0 Å². The van der Waals surface area contributed by atoms with E-state index in [-0.39, 0.29) is 0 Å². The SMILES string of the molecule is Cn1ncc2c(/N=C/c3ccc[nH]3)ncnc21. The van der Waals surface area contributed by atoms with E-state index in [0.717, 1.165) is 16.7 Å². The molecule has 3 rings (SSSR count). The summed E-state index contributed by atoms with van der Waals surface area (Å²) in [6.07, 6.45) is 6.79. The molecule has 0 aromatic carbocycles. The molecule has 0 amide bonds. The van der Waals surface area contributed by atoms with Crippen molar-refractivity contribution in [3.05, 3.63) is 36.5 Å². The van der Waals surface area contributed by atoms with Crippen molar-refractivity contribution >= 4 is 23.1 Å². The minimum atomic E-state index is 0.623. The molecule has 0 unspecified atom stereocenters. The third-order valence-electron chi connectivity index (χ3n) is 2.46. The van der Waals surface area contributed by atoms with Crippen molar-refractivity contribution in [1.82, 2.24) is 24.7 Å². The summed E-state index contributed by atoms with van der Waals surface area (Å²) in [4.78, 5) is 15.7. The van der Waals surface area contributed by atoms with Gasteiger partial charge in [-0.2, -0.15) is 5.10 Å². The van der Waals surface area contributed by atoms with Crippen molar-refractivity contribution in [3.8, 4) is 0 Å². The molecule has 0 bridgehead atoms. The molecule has 6 heteroatoms. The van der Waals surface area contributed by atoms with Crippen molar-refractivity contribution in [1.29, 1.82) is 0 Å². The molecule has 17 heavy (non-hydrogen) atoms. The second-order valence-electron chi connectivity index (χ2n) is 3.59. The Bertz CT molecular complexity index is 664. The van der Waals surface area contributed by atoms with Gasteiger partial charge in [-0.1, -0.05) is 0 Å². The van der Waals surface area contributed by atoms with Gasteiger partial charge in [0.25, 0.3) is 0 Å². The van der Waals surface area contributed by atoms with Crippen LogP contribution in [0.15, 0.2) is 35.8 Å². The molecular formula is C11H10N6. The van der Waals surface area contributed by atoms with Crippen molar-refractivity contribution in [2.45, 2.75) is 0 Å². The molecule has 3 aromatic heterocycles. The van der Waals surface area contributed by atoms with Gasteiger partial charge in [-0.25, -0.2) is 15.0 Å². The van der Waals surface area contributed by atoms with Crippen molar-refractivity contribution in [2.24, 2.45) is 12.0 Å². The summed E-state index contributed by atoms with van der Waals surface area (Å²) in [6, 6.07) is 3.85. The van der Waals surface area contributed by atoms with Gasteiger partial charge in [0.1, 0.15) is 6.33 Å². The van der Waals surface area contributed by atoms with Crippen LogP contribution in [0.5, 0.6) is 0 Å². The molecule has 0 saturated carbocycles. The van der Waals surface area contributed by atoms with Gasteiger partial charge in [-0.3, -0.25) is 4.68 Å². The minimum Gasteiger partial charge on any atom is -0.360 e. The van der Waals surface area contributed by atoms with Gasteiger partial charge in [0.15, 0.2) is 11.5 Å². The van der Waals surface area contributed by atoms with Gasteiger partial charge in [0.2, 0.25) is 0 Å². The van der Waals surface area contributed by atoms with Crippen LogP contribution in [0.1, 0.15) is 5.69 Å². The third kappa shape index (κ3) is 1.69. The summed E-state index contributed by atoms with van der Waals surface area (Å²) in [6.45, 7) is 0. The Morgan fingerprint density at radius 2 is 2.35 bits per heavy atom. The highest BCUT2D eigenvalue weighted by molar-refractivity contribution is 5.88. The lowest BCUT2D eigenvalue weighted by molar-refractivity contribution is 0.785. The summed E-state index contributed by atoms with van der Waals surface area (Å²) in [7, 11) is 1.84. The molecule has 0 aliphatic carbocycles. The molecule has 84 valence electrons. The number of H-pyrrole nitrogens is 1. The van der Waals surface area contributed by atoms with Crippen LogP contribution >= 0.6 is 0 Å². The zero-order valence-electron chi connectivity index (χ0n) is 9.20. The molecule has 0 fully saturated rings. The van der Waals surface area contributed by atoms with Crippen LogP contribution < -0.4 is 0 Å². The molecule has 1 N–H and O–H groups in total. The lowest BCUT2D eigenvalue weighted by Gasteiger charge is -1.95. The summed E-state index contributed by atoms with van der Waals surface area (Å²) < 4.78 is 1.70. The Hall–Kier alpha value is -2.50. The lowest BCUT2D eigenvalue weighted by Crippen LogP contribution is -1.91. The molecule has 0 aliphatic rings. The van der Waals surface area contributed by atoms with E-state index in [1.54, 1.807) is 17.1 Å². The normalized spacial score (nSPS) is 11.6. The second kappa shape index (κ2) is 3.82. The molecule has 3 aromatic rings. The van der Waals surface area contributed by atoms with E-state index in [4.69, 9.17) is 0 Å². The van der Waals surface area contributed by atoms with E-state index in [1.165, 1.54) is 6.33 Å². The van der Waals surface area contributed by atoms with Crippen LogP contribution in [0.4, 0.5) is 5.82 Å². The molecule has 3 heterocycles. The van der Waals surface area contributed by atoms with Gasteiger partial charge in [-0.15, -0.1) is 0 Å².